The van der Waals surface area contributed by atoms with Crippen LogP contribution in [0.3, 0.4) is 0 Å². The van der Waals surface area contributed by atoms with Crippen LogP contribution in [0.2, 0.25) is 0 Å². The molecule has 1 aromatic carbocycles. The highest BCUT2D eigenvalue weighted by Gasteiger charge is 2.34. The minimum atomic E-state index is -0.356. The minimum absolute atomic E-state index is 0.108. The van der Waals surface area contributed by atoms with Crippen molar-refractivity contribution in [2.75, 3.05) is 19.6 Å². The topological polar surface area (TPSA) is 109 Å². The van der Waals surface area contributed by atoms with Crippen LogP contribution < -0.4 is 10.6 Å². The SMILES string of the molecule is Cc1ccc(/C=C2\SC(=O)N(CCNC(=O)CCCNC(=O)c3ccco3)C2=O)cc1. The molecular weight excluding hydrogens is 418 g/mol. The zero-order chi connectivity index (χ0) is 22.2. The van der Waals surface area contributed by atoms with Crippen LogP contribution in [0, 0.1) is 6.92 Å². The van der Waals surface area contributed by atoms with Gasteiger partial charge in [-0.05, 0) is 48.9 Å². The van der Waals surface area contributed by atoms with Crippen molar-refractivity contribution < 1.29 is 23.6 Å². The van der Waals surface area contributed by atoms with Gasteiger partial charge in [-0.25, -0.2) is 0 Å². The van der Waals surface area contributed by atoms with Crippen LogP contribution in [0.4, 0.5) is 4.79 Å². The number of amides is 4. The van der Waals surface area contributed by atoms with Gasteiger partial charge in [0.15, 0.2) is 5.76 Å². The fraction of sp³-hybridized carbons (Fsp3) is 0.273. The van der Waals surface area contributed by atoms with Crippen molar-refractivity contribution in [3.63, 3.8) is 0 Å². The first-order chi connectivity index (χ1) is 14.9. The molecule has 1 aromatic heterocycles. The molecule has 2 heterocycles. The molecule has 1 aliphatic heterocycles. The Kier molecular flexibility index (Phi) is 7.66. The van der Waals surface area contributed by atoms with Crippen molar-refractivity contribution in [3.05, 3.63) is 64.5 Å². The van der Waals surface area contributed by atoms with E-state index in [9.17, 15) is 19.2 Å². The van der Waals surface area contributed by atoms with Crippen LogP contribution in [-0.4, -0.2) is 47.5 Å². The van der Waals surface area contributed by atoms with Crippen LogP contribution in [0.15, 0.2) is 52.0 Å². The first-order valence-corrected chi connectivity index (χ1v) is 10.7. The number of furan rings is 1. The largest absolute Gasteiger partial charge is 0.459 e. The van der Waals surface area contributed by atoms with Gasteiger partial charge in [0.05, 0.1) is 11.2 Å². The van der Waals surface area contributed by atoms with E-state index in [1.54, 1.807) is 18.2 Å². The minimum Gasteiger partial charge on any atom is -0.459 e. The maximum Gasteiger partial charge on any atom is 0.293 e. The quantitative estimate of drug-likeness (QED) is 0.458. The highest BCUT2D eigenvalue weighted by molar-refractivity contribution is 8.18. The van der Waals surface area contributed by atoms with E-state index in [1.807, 2.05) is 31.2 Å². The number of hydrogen-bond donors (Lipinski definition) is 2. The van der Waals surface area contributed by atoms with Gasteiger partial charge >= 0.3 is 0 Å². The Morgan fingerprint density at radius 1 is 1.10 bits per heavy atom. The van der Waals surface area contributed by atoms with Gasteiger partial charge in [-0.3, -0.25) is 24.1 Å². The van der Waals surface area contributed by atoms with Crippen molar-refractivity contribution in [1.82, 2.24) is 15.5 Å². The van der Waals surface area contributed by atoms with E-state index in [0.29, 0.717) is 17.9 Å². The normalized spacial score (nSPS) is 14.9. The summed E-state index contributed by atoms with van der Waals surface area (Å²) in [5.41, 5.74) is 1.96. The molecule has 0 saturated carbocycles. The lowest BCUT2D eigenvalue weighted by atomic mass is 10.1. The third-order valence-electron chi connectivity index (χ3n) is 4.52. The summed E-state index contributed by atoms with van der Waals surface area (Å²) in [7, 11) is 0. The van der Waals surface area contributed by atoms with Gasteiger partial charge in [-0.2, -0.15) is 0 Å². The summed E-state index contributed by atoms with van der Waals surface area (Å²) in [5, 5.41) is 5.00. The van der Waals surface area contributed by atoms with Gasteiger partial charge in [0.25, 0.3) is 17.1 Å². The highest BCUT2D eigenvalue weighted by atomic mass is 32.2. The van der Waals surface area contributed by atoms with Gasteiger partial charge in [-0.15, -0.1) is 0 Å². The monoisotopic (exact) mass is 441 g/mol. The van der Waals surface area contributed by atoms with E-state index in [1.165, 1.54) is 6.26 Å². The Morgan fingerprint density at radius 2 is 1.87 bits per heavy atom. The summed E-state index contributed by atoms with van der Waals surface area (Å²) in [5.74, 6) is -0.679. The molecule has 1 aliphatic rings. The first kappa shape index (κ1) is 22.4. The molecule has 4 amide bonds. The van der Waals surface area contributed by atoms with Gasteiger partial charge in [0, 0.05) is 26.1 Å². The fourth-order valence-corrected chi connectivity index (χ4v) is 3.71. The lowest BCUT2D eigenvalue weighted by Crippen LogP contribution is -2.37. The van der Waals surface area contributed by atoms with Gasteiger partial charge < -0.3 is 15.1 Å². The lowest BCUT2D eigenvalue weighted by molar-refractivity contribution is -0.124. The van der Waals surface area contributed by atoms with E-state index in [4.69, 9.17) is 4.42 Å². The average Bonchev–Trinajstić information content (AvgIpc) is 3.37. The van der Waals surface area contributed by atoms with E-state index in [2.05, 4.69) is 10.6 Å². The van der Waals surface area contributed by atoms with Crippen molar-refractivity contribution >= 4 is 40.8 Å². The average molecular weight is 442 g/mol. The standard InChI is InChI=1S/C22H23N3O5S/c1-15-6-8-16(9-7-15)14-18-21(28)25(22(29)31-18)12-11-23-19(26)5-2-10-24-20(27)17-4-3-13-30-17/h3-4,6-9,13-14H,2,5,10-12H2,1H3,(H,23,26)(H,24,27)/b18-14-. The molecule has 1 saturated heterocycles. The molecule has 2 N–H and O–H groups in total. The molecule has 0 atom stereocenters. The molecule has 2 aromatic rings. The van der Waals surface area contributed by atoms with Crippen LogP contribution >= 0.6 is 11.8 Å². The van der Waals surface area contributed by atoms with Crippen molar-refractivity contribution in [3.8, 4) is 0 Å². The predicted molar refractivity (Wildman–Crippen MR) is 117 cm³/mol. The highest BCUT2D eigenvalue weighted by Crippen LogP contribution is 2.31. The van der Waals surface area contributed by atoms with Crippen molar-refractivity contribution in [2.24, 2.45) is 0 Å². The molecule has 8 nitrogen and oxygen atoms in total. The summed E-state index contributed by atoms with van der Waals surface area (Å²) in [4.78, 5) is 49.8. The number of nitrogens with zero attached hydrogens (tertiary/aromatic N) is 1. The second-order valence-corrected chi connectivity index (χ2v) is 7.92. The molecule has 0 aliphatic carbocycles. The zero-order valence-corrected chi connectivity index (χ0v) is 17.9. The second kappa shape index (κ2) is 10.6. The maximum absolute atomic E-state index is 12.5. The number of thioether (sulfide) groups is 1. The van der Waals surface area contributed by atoms with Crippen LogP contribution in [-0.2, 0) is 9.59 Å². The Balaban J connectivity index is 1.37. The number of aryl methyl sites for hydroxylation is 1. The van der Waals surface area contributed by atoms with Crippen LogP contribution in [0.25, 0.3) is 6.08 Å². The van der Waals surface area contributed by atoms with E-state index >= 15 is 0 Å². The lowest BCUT2D eigenvalue weighted by Gasteiger charge is -2.13. The van der Waals surface area contributed by atoms with Crippen molar-refractivity contribution in [2.45, 2.75) is 19.8 Å². The molecule has 162 valence electrons. The van der Waals surface area contributed by atoms with E-state index in [0.717, 1.165) is 27.8 Å². The molecule has 0 radical (unpaired) electrons. The second-order valence-electron chi connectivity index (χ2n) is 6.93. The number of carbonyl (C=O) groups is 4. The van der Waals surface area contributed by atoms with Gasteiger partial charge in [0.2, 0.25) is 5.91 Å². The third-order valence-corrected chi connectivity index (χ3v) is 5.42. The third kappa shape index (κ3) is 6.32. The van der Waals surface area contributed by atoms with E-state index in [-0.39, 0.29) is 48.2 Å². The summed E-state index contributed by atoms with van der Waals surface area (Å²) < 4.78 is 4.98. The Hall–Kier alpha value is -3.33. The number of imide groups is 1. The van der Waals surface area contributed by atoms with Crippen LogP contribution in [0.5, 0.6) is 0 Å². The summed E-state index contributed by atoms with van der Waals surface area (Å²) in [6.07, 6.45) is 3.78. The fourth-order valence-electron chi connectivity index (χ4n) is 2.85. The molecular formula is C22H23N3O5S. The number of benzene rings is 1. The summed E-state index contributed by atoms with van der Waals surface area (Å²) >= 11 is 0.896. The molecule has 31 heavy (non-hydrogen) atoms. The number of rotatable bonds is 9. The molecule has 1 fully saturated rings. The molecule has 9 heteroatoms. The van der Waals surface area contributed by atoms with Crippen LogP contribution in [0.1, 0.15) is 34.5 Å². The molecule has 3 rings (SSSR count). The zero-order valence-electron chi connectivity index (χ0n) is 17.1. The van der Waals surface area contributed by atoms with Crippen molar-refractivity contribution in [1.29, 1.82) is 0 Å². The Bertz CT molecular complexity index is 983. The summed E-state index contributed by atoms with van der Waals surface area (Å²) in [6.45, 7) is 2.59. The van der Waals surface area contributed by atoms with Gasteiger partial charge in [0.1, 0.15) is 0 Å². The smallest absolute Gasteiger partial charge is 0.293 e. The molecule has 0 unspecified atom stereocenters. The number of carbonyl (C=O) groups excluding carboxylic acids is 4. The molecule has 0 bridgehead atoms. The maximum atomic E-state index is 12.5. The first-order valence-electron chi connectivity index (χ1n) is 9.84. The Labute approximate surface area is 184 Å². The Morgan fingerprint density at radius 3 is 2.58 bits per heavy atom. The predicted octanol–water partition coefficient (Wildman–Crippen LogP) is 2.95. The summed E-state index contributed by atoms with van der Waals surface area (Å²) in [6, 6.07) is 10.8. The molecule has 0 spiro atoms. The van der Waals surface area contributed by atoms with Gasteiger partial charge in [-0.1, -0.05) is 29.8 Å². The number of nitrogens with one attached hydrogen (secondary N) is 2. The number of hydrogen-bond acceptors (Lipinski definition) is 6. The van der Waals surface area contributed by atoms with E-state index < -0.39 is 0 Å².